The number of anilines is 1. The summed E-state index contributed by atoms with van der Waals surface area (Å²) in [6, 6.07) is 9.76. The highest BCUT2D eigenvalue weighted by atomic mass is 79.9. The van der Waals surface area contributed by atoms with Gasteiger partial charge in [0.25, 0.3) is 0 Å². The van der Waals surface area contributed by atoms with Crippen molar-refractivity contribution in [1.82, 2.24) is 24.3 Å². The van der Waals surface area contributed by atoms with Crippen molar-refractivity contribution in [3.63, 3.8) is 0 Å². The van der Waals surface area contributed by atoms with Crippen molar-refractivity contribution >= 4 is 54.2 Å². The summed E-state index contributed by atoms with van der Waals surface area (Å²) in [4.78, 5) is 21.4. The molecule has 0 unspecified atom stereocenters. The number of nitrogens with zero attached hydrogens (tertiary/aromatic N) is 4. The highest BCUT2D eigenvalue weighted by Crippen LogP contribution is 2.41. The van der Waals surface area contributed by atoms with Gasteiger partial charge in [0.1, 0.15) is 5.82 Å². The lowest BCUT2D eigenvalue weighted by molar-refractivity contribution is -0.121. The number of nitrogens with two attached hydrogens (primary N) is 1. The summed E-state index contributed by atoms with van der Waals surface area (Å²) in [6.07, 6.45) is 5.38. The number of alkyl halides is 3. The lowest BCUT2D eigenvalue weighted by Crippen LogP contribution is -2.40. The molecular formula is C24H22BrF3N6O3S. The fourth-order valence-corrected chi connectivity index (χ4v) is 5.94. The number of hydrogen-bond acceptors (Lipinski definition) is 7. The molecule has 0 saturated heterocycles. The number of halogens is 4. The van der Waals surface area contributed by atoms with Crippen molar-refractivity contribution in [2.75, 3.05) is 5.73 Å². The second-order valence-electron chi connectivity index (χ2n) is 9.30. The number of nitrogen functional groups attached to an aromatic ring is 1. The van der Waals surface area contributed by atoms with Crippen LogP contribution in [0.25, 0.3) is 27.7 Å². The molecule has 1 aliphatic carbocycles. The smallest absolute Gasteiger partial charge is 0.383 e. The zero-order valence-corrected chi connectivity index (χ0v) is 22.1. The lowest BCUT2D eigenvalue weighted by atomic mass is 9.79. The molecule has 0 aliphatic heterocycles. The van der Waals surface area contributed by atoms with Gasteiger partial charge in [0.2, 0.25) is 5.91 Å². The number of sulfonamides is 1. The summed E-state index contributed by atoms with van der Waals surface area (Å²) < 4.78 is 63.3. The number of benzene rings is 1. The Hall–Kier alpha value is -3.26. The monoisotopic (exact) mass is 610 g/mol. The summed E-state index contributed by atoms with van der Waals surface area (Å²) in [5.74, 6) is -1.05. The van der Waals surface area contributed by atoms with E-state index in [4.69, 9.17) is 10.7 Å². The summed E-state index contributed by atoms with van der Waals surface area (Å²) in [5, 5.41) is 5.38. The zero-order valence-electron chi connectivity index (χ0n) is 19.7. The first-order valence-electron chi connectivity index (χ1n) is 11.7. The molecule has 1 aromatic carbocycles. The van der Waals surface area contributed by atoms with Crippen molar-refractivity contribution in [3.8, 4) is 11.1 Å². The number of rotatable bonds is 5. The number of hydrogen-bond donors (Lipinski definition) is 2. The van der Waals surface area contributed by atoms with Gasteiger partial charge in [-0.3, -0.25) is 9.78 Å². The predicted molar refractivity (Wildman–Crippen MR) is 138 cm³/mol. The van der Waals surface area contributed by atoms with Gasteiger partial charge in [-0.2, -0.15) is 31.2 Å². The molecule has 0 radical (unpaired) electrons. The lowest BCUT2D eigenvalue weighted by Gasteiger charge is -2.28. The Balaban J connectivity index is 1.35. The highest BCUT2D eigenvalue weighted by molar-refractivity contribution is 9.10. The van der Waals surface area contributed by atoms with Gasteiger partial charge < -0.3 is 5.73 Å². The molecule has 14 heteroatoms. The second-order valence-corrected chi connectivity index (χ2v) is 11.8. The molecule has 9 nitrogen and oxygen atoms in total. The van der Waals surface area contributed by atoms with Crippen molar-refractivity contribution in [2.45, 2.75) is 43.5 Å². The number of nitrogens with one attached hydrogen (secondary N) is 1. The van der Waals surface area contributed by atoms with Gasteiger partial charge >= 0.3 is 15.5 Å². The Morgan fingerprint density at radius 1 is 1.16 bits per heavy atom. The third kappa shape index (κ3) is 4.94. The average Bonchev–Trinajstić information content (AvgIpc) is 3.29. The fourth-order valence-electron chi connectivity index (χ4n) is 4.86. The minimum absolute atomic E-state index is 0.0210. The SMILES string of the molecule is Nc1c(Br)c(C2CCC(CC(=O)NS(=O)(=O)C(F)(F)F)CC2)nc2c(-c3cnc4ccccc4c3)cnn12. The number of pyridine rings is 1. The van der Waals surface area contributed by atoms with Crippen LogP contribution in [0, 0.1) is 5.92 Å². The largest absolute Gasteiger partial charge is 0.516 e. The molecule has 5 rings (SSSR count). The maximum Gasteiger partial charge on any atom is 0.516 e. The van der Waals surface area contributed by atoms with E-state index in [1.54, 1.807) is 16.9 Å². The van der Waals surface area contributed by atoms with E-state index >= 15 is 0 Å². The Kier molecular flexibility index (Phi) is 6.80. The molecule has 4 aromatic rings. The third-order valence-electron chi connectivity index (χ3n) is 6.81. The van der Waals surface area contributed by atoms with E-state index in [1.165, 1.54) is 0 Å². The topological polar surface area (TPSA) is 132 Å². The van der Waals surface area contributed by atoms with Crippen LogP contribution in [0.3, 0.4) is 0 Å². The summed E-state index contributed by atoms with van der Waals surface area (Å²) >= 11 is 3.54. The number of amides is 1. The van der Waals surface area contributed by atoms with Gasteiger partial charge in [0.15, 0.2) is 5.65 Å². The van der Waals surface area contributed by atoms with Gasteiger partial charge in [0, 0.05) is 35.0 Å². The van der Waals surface area contributed by atoms with Crippen molar-refractivity contribution in [1.29, 1.82) is 0 Å². The second kappa shape index (κ2) is 9.80. The molecule has 1 fully saturated rings. The summed E-state index contributed by atoms with van der Waals surface area (Å²) in [6.45, 7) is 0. The molecule has 3 heterocycles. The van der Waals surface area contributed by atoms with E-state index in [2.05, 4.69) is 26.0 Å². The molecular weight excluding hydrogens is 589 g/mol. The van der Waals surface area contributed by atoms with E-state index < -0.39 is 21.4 Å². The summed E-state index contributed by atoms with van der Waals surface area (Å²) in [7, 11) is -5.71. The maximum absolute atomic E-state index is 12.5. The summed E-state index contributed by atoms with van der Waals surface area (Å²) in [5.41, 5.74) is 4.62. The van der Waals surface area contributed by atoms with Crippen LogP contribution in [-0.4, -0.2) is 39.4 Å². The van der Waals surface area contributed by atoms with E-state index in [9.17, 15) is 26.4 Å². The molecule has 1 aliphatic rings. The molecule has 3 aromatic heterocycles. The fraction of sp³-hybridized carbons (Fsp3) is 0.333. The van der Waals surface area contributed by atoms with Crippen LogP contribution in [0.15, 0.2) is 47.2 Å². The maximum atomic E-state index is 12.5. The third-order valence-corrected chi connectivity index (χ3v) is 8.73. The van der Waals surface area contributed by atoms with E-state index in [0.29, 0.717) is 41.6 Å². The minimum Gasteiger partial charge on any atom is -0.383 e. The quantitative estimate of drug-likeness (QED) is 0.328. The van der Waals surface area contributed by atoms with Gasteiger partial charge in [-0.1, -0.05) is 18.2 Å². The van der Waals surface area contributed by atoms with Crippen molar-refractivity contribution in [2.24, 2.45) is 5.92 Å². The van der Waals surface area contributed by atoms with Crippen LogP contribution in [-0.2, 0) is 14.8 Å². The Morgan fingerprint density at radius 2 is 1.87 bits per heavy atom. The van der Waals surface area contributed by atoms with Crippen molar-refractivity contribution in [3.05, 3.63) is 52.9 Å². The molecule has 3 N–H and O–H groups in total. The normalized spacial score (nSPS) is 18.6. The van der Waals surface area contributed by atoms with Crippen LogP contribution < -0.4 is 10.5 Å². The van der Waals surface area contributed by atoms with Crippen LogP contribution in [0.2, 0.25) is 0 Å². The zero-order chi connectivity index (χ0) is 27.2. The number of carbonyl (C=O) groups excluding carboxylic acids is 1. The Bertz CT molecular complexity index is 1650. The first kappa shape index (κ1) is 26.4. The van der Waals surface area contributed by atoms with Crippen LogP contribution >= 0.6 is 15.9 Å². The van der Waals surface area contributed by atoms with E-state index in [-0.39, 0.29) is 18.3 Å². The molecule has 38 heavy (non-hydrogen) atoms. The highest BCUT2D eigenvalue weighted by Gasteiger charge is 2.47. The number of para-hydroxylation sites is 1. The standard InChI is InChI=1S/C24H22BrF3N6O3S/c25-20-21(14-7-5-13(6-8-14)9-19(35)33-38(36,37)24(26,27)28)32-23-17(12-31-34(23)22(20)29)16-10-15-3-1-2-4-18(15)30-11-16/h1-4,10-14H,5-9,29H2,(H,33,35). The average molecular weight is 611 g/mol. The van der Waals surface area contributed by atoms with Gasteiger partial charge in [-0.25, -0.2) is 9.71 Å². The molecule has 0 bridgehead atoms. The number of fused-ring (bicyclic) bond motifs is 2. The Labute approximate surface area is 223 Å². The van der Waals surface area contributed by atoms with Crippen LogP contribution in [0.4, 0.5) is 19.0 Å². The molecule has 1 amide bonds. The first-order chi connectivity index (χ1) is 17.9. The van der Waals surface area contributed by atoms with Crippen LogP contribution in [0.5, 0.6) is 0 Å². The molecule has 0 atom stereocenters. The van der Waals surface area contributed by atoms with Crippen LogP contribution in [0.1, 0.15) is 43.7 Å². The molecule has 200 valence electrons. The van der Waals surface area contributed by atoms with E-state index in [1.807, 2.05) is 30.3 Å². The molecule has 1 saturated carbocycles. The van der Waals surface area contributed by atoms with Crippen molar-refractivity contribution < 1.29 is 26.4 Å². The van der Waals surface area contributed by atoms with E-state index in [0.717, 1.165) is 32.4 Å². The number of aromatic nitrogens is 4. The predicted octanol–water partition coefficient (Wildman–Crippen LogP) is 4.92. The minimum atomic E-state index is -5.71. The number of carbonyl (C=O) groups is 1. The van der Waals surface area contributed by atoms with Gasteiger partial charge in [-0.05, 0) is 59.7 Å². The molecule has 0 spiro atoms. The first-order valence-corrected chi connectivity index (χ1v) is 14.0. The van der Waals surface area contributed by atoms with Gasteiger partial charge in [-0.15, -0.1) is 0 Å². The van der Waals surface area contributed by atoms with Gasteiger partial charge in [0.05, 0.1) is 21.9 Å². The Morgan fingerprint density at radius 3 is 2.58 bits per heavy atom.